The van der Waals surface area contributed by atoms with Crippen molar-refractivity contribution in [1.29, 1.82) is 0 Å². The predicted octanol–water partition coefficient (Wildman–Crippen LogP) is 3.25. The van der Waals surface area contributed by atoms with Crippen LogP contribution in [0, 0.1) is 0 Å². The fraction of sp³-hybridized carbons (Fsp3) is 0.316. The molecule has 23 heavy (non-hydrogen) atoms. The van der Waals surface area contributed by atoms with Crippen molar-refractivity contribution in [1.82, 2.24) is 9.88 Å². The largest absolute Gasteiger partial charge is 0.441 e. The van der Waals surface area contributed by atoms with Gasteiger partial charge in [0.25, 0.3) is 0 Å². The highest BCUT2D eigenvalue weighted by Gasteiger charge is 2.08. The van der Waals surface area contributed by atoms with E-state index in [1.807, 2.05) is 42.5 Å². The number of para-hydroxylation sites is 2. The van der Waals surface area contributed by atoms with Gasteiger partial charge in [0.05, 0.1) is 6.61 Å². The maximum atomic E-state index is 9.25. The molecule has 0 spiro atoms. The number of oxazole rings is 1. The van der Waals surface area contributed by atoms with Crippen LogP contribution in [0.15, 0.2) is 59.0 Å². The van der Waals surface area contributed by atoms with Gasteiger partial charge in [0.1, 0.15) is 5.52 Å². The van der Waals surface area contributed by atoms with Gasteiger partial charge in [-0.1, -0.05) is 42.5 Å². The lowest BCUT2D eigenvalue weighted by atomic mass is 10.2. The lowest BCUT2D eigenvalue weighted by molar-refractivity contribution is 0.188. The summed E-state index contributed by atoms with van der Waals surface area (Å²) in [7, 11) is 0. The van der Waals surface area contributed by atoms with Crippen molar-refractivity contribution < 1.29 is 9.52 Å². The Morgan fingerprint density at radius 3 is 2.52 bits per heavy atom. The summed E-state index contributed by atoms with van der Waals surface area (Å²) in [5.74, 6) is 0.787. The highest BCUT2D eigenvalue weighted by Crippen LogP contribution is 2.16. The van der Waals surface area contributed by atoms with Gasteiger partial charge < -0.3 is 9.52 Å². The molecule has 0 saturated carbocycles. The molecule has 2 aromatic carbocycles. The van der Waals surface area contributed by atoms with Crippen LogP contribution in [0.1, 0.15) is 17.9 Å². The molecule has 120 valence electrons. The third-order valence-electron chi connectivity index (χ3n) is 3.87. The van der Waals surface area contributed by atoms with Crippen molar-refractivity contribution in [3.8, 4) is 0 Å². The maximum absolute atomic E-state index is 9.25. The van der Waals surface area contributed by atoms with Crippen molar-refractivity contribution in [2.24, 2.45) is 0 Å². The molecular weight excluding hydrogens is 288 g/mol. The van der Waals surface area contributed by atoms with Crippen molar-refractivity contribution in [2.45, 2.75) is 19.4 Å². The fourth-order valence-electron chi connectivity index (χ4n) is 2.73. The summed E-state index contributed by atoms with van der Waals surface area (Å²) < 4.78 is 5.75. The first kappa shape index (κ1) is 15.7. The quantitative estimate of drug-likeness (QED) is 0.694. The molecule has 4 heteroatoms. The Hall–Kier alpha value is -2.17. The van der Waals surface area contributed by atoms with Gasteiger partial charge in [-0.15, -0.1) is 0 Å². The summed E-state index contributed by atoms with van der Waals surface area (Å²) in [6, 6.07) is 18.2. The number of aliphatic hydroxyl groups is 1. The normalized spacial score (nSPS) is 11.4. The molecule has 0 amide bonds. The Morgan fingerprint density at radius 2 is 1.74 bits per heavy atom. The average Bonchev–Trinajstić information content (AvgIpc) is 2.98. The second-order valence-corrected chi connectivity index (χ2v) is 5.66. The van der Waals surface area contributed by atoms with Crippen LogP contribution in [-0.2, 0) is 13.0 Å². The Labute approximate surface area is 136 Å². The van der Waals surface area contributed by atoms with E-state index in [9.17, 15) is 5.11 Å². The molecule has 1 aromatic heterocycles. The monoisotopic (exact) mass is 310 g/mol. The van der Waals surface area contributed by atoms with Gasteiger partial charge >= 0.3 is 0 Å². The average molecular weight is 310 g/mol. The molecule has 3 rings (SSSR count). The molecule has 0 fully saturated rings. The van der Waals surface area contributed by atoms with Gasteiger partial charge in [0, 0.05) is 19.5 Å². The van der Waals surface area contributed by atoms with Crippen molar-refractivity contribution in [3.05, 3.63) is 66.1 Å². The smallest absolute Gasteiger partial charge is 0.195 e. The van der Waals surface area contributed by atoms with Crippen molar-refractivity contribution in [2.75, 3.05) is 19.7 Å². The van der Waals surface area contributed by atoms with Gasteiger partial charge in [-0.25, -0.2) is 4.98 Å². The Morgan fingerprint density at radius 1 is 0.957 bits per heavy atom. The van der Waals surface area contributed by atoms with E-state index in [0.717, 1.165) is 42.9 Å². The minimum atomic E-state index is 0.176. The topological polar surface area (TPSA) is 49.5 Å². The molecule has 0 aliphatic carbocycles. The number of fused-ring (bicyclic) bond motifs is 1. The lowest BCUT2D eigenvalue weighted by Gasteiger charge is -2.21. The second-order valence-electron chi connectivity index (χ2n) is 5.66. The summed E-state index contributed by atoms with van der Waals surface area (Å²) >= 11 is 0. The van der Waals surface area contributed by atoms with E-state index in [2.05, 4.69) is 22.0 Å². The van der Waals surface area contributed by atoms with Crippen LogP contribution in [-0.4, -0.2) is 34.7 Å². The van der Waals surface area contributed by atoms with E-state index in [4.69, 9.17) is 4.42 Å². The lowest BCUT2D eigenvalue weighted by Crippen LogP contribution is -2.27. The molecule has 1 N–H and O–H groups in total. The van der Waals surface area contributed by atoms with Crippen molar-refractivity contribution in [3.63, 3.8) is 0 Å². The molecule has 0 unspecified atom stereocenters. The minimum absolute atomic E-state index is 0.176. The summed E-state index contributed by atoms with van der Waals surface area (Å²) in [5, 5.41) is 9.25. The molecule has 3 aromatic rings. The molecule has 0 radical (unpaired) electrons. The van der Waals surface area contributed by atoms with E-state index in [1.54, 1.807) is 0 Å². The third-order valence-corrected chi connectivity index (χ3v) is 3.87. The maximum Gasteiger partial charge on any atom is 0.195 e. The van der Waals surface area contributed by atoms with E-state index in [-0.39, 0.29) is 6.61 Å². The van der Waals surface area contributed by atoms with Crippen LogP contribution in [0.4, 0.5) is 0 Å². The van der Waals surface area contributed by atoms with Crippen molar-refractivity contribution >= 4 is 11.1 Å². The summed E-state index contributed by atoms with van der Waals surface area (Å²) in [6.07, 6.45) is 1.77. The molecule has 0 saturated heterocycles. The zero-order valence-electron chi connectivity index (χ0n) is 13.2. The first-order valence-electron chi connectivity index (χ1n) is 8.07. The highest BCUT2D eigenvalue weighted by atomic mass is 16.3. The molecule has 0 bridgehead atoms. The van der Waals surface area contributed by atoms with Crippen LogP contribution in [0.2, 0.25) is 0 Å². The Balaban J connectivity index is 1.54. The van der Waals surface area contributed by atoms with E-state index >= 15 is 0 Å². The molecular formula is C19H22N2O2. The number of hydrogen-bond donors (Lipinski definition) is 1. The Bertz CT molecular complexity index is 691. The first-order chi connectivity index (χ1) is 11.3. The summed E-state index contributed by atoms with van der Waals surface area (Å²) in [6.45, 7) is 2.63. The standard InChI is InChI=1S/C19H22N2O2/c22-14-13-21(15-16-7-2-1-3-8-16)12-6-11-19-20-17-9-4-5-10-18(17)23-19/h1-5,7-10,22H,6,11-15H2. The van der Waals surface area contributed by atoms with Gasteiger partial charge in [0.15, 0.2) is 11.5 Å². The van der Waals surface area contributed by atoms with Gasteiger partial charge in [-0.05, 0) is 30.7 Å². The third kappa shape index (κ3) is 4.41. The fourth-order valence-corrected chi connectivity index (χ4v) is 2.73. The van der Waals surface area contributed by atoms with Crippen LogP contribution in [0.25, 0.3) is 11.1 Å². The second kappa shape index (κ2) is 7.90. The highest BCUT2D eigenvalue weighted by molar-refractivity contribution is 5.72. The van der Waals surface area contributed by atoms with Gasteiger partial charge in [0.2, 0.25) is 0 Å². The first-order valence-corrected chi connectivity index (χ1v) is 8.07. The number of nitrogens with zero attached hydrogens (tertiary/aromatic N) is 2. The molecule has 1 heterocycles. The SMILES string of the molecule is OCCN(CCCc1nc2ccccc2o1)Cc1ccccc1. The van der Waals surface area contributed by atoms with E-state index in [1.165, 1.54) is 5.56 Å². The minimum Gasteiger partial charge on any atom is -0.441 e. The summed E-state index contributed by atoms with van der Waals surface area (Å²) in [4.78, 5) is 6.77. The van der Waals surface area contributed by atoms with E-state index in [0.29, 0.717) is 6.54 Å². The number of aryl methyl sites for hydroxylation is 1. The molecule has 0 aliphatic heterocycles. The van der Waals surface area contributed by atoms with Gasteiger partial charge in [-0.3, -0.25) is 4.90 Å². The number of hydrogen-bond acceptors (Lipinski definition) is 4. The number of rotatable bonds is 8. The zero-order valence-corrected chi connectivity index (χ0v) is 13.2. The number of aliphatic hydroxyl groups excluding tert-OH is 1. The predicted molar refractivity (Wildman–Crippen MR) is 91.1 cm³/mol. The molecule has 0 atom stereocenters. The van der Waals surface area contributed by atoms with Crippen LogP contribution >= 0.6 is 0 Å². The number of aromatic nitrogens is 1. The molecule has 4 nitrogen and oxygen atoms in total. The van der Waals surface area contributed by atoms with E-state index < -0.39 is 0 Å². The Kier molecular flexibility index (Phi) is 5.40. The van der Waals surface area contributed by atoms with Crippen LogP contribution in [0.5, 0.6) is 0 Å². The zero-order chi connectivity index (χ0) is 15.9. The van der Waals surface area contributed by atoms with Crippen LogP contribution < -0.4 is 0 Å². The summed E-state index contributed by atoms with van der Waals surface area (Å²) in [5.41, 5.74) is 3.03. The molecule has 0 aliphatic rings. The number of benzene rings is 2. The van der Waals surface area contributed by atoms with Gasteiger partial charge in [-0.2, -0.15) is 0 Å². The van der Waals surface area contributed by atoms with Crippen LogP contribution in [0.3, 0.4) is 0 Å².